The third-order valence-electron chi connectivity index (χ3n) is 1.83. The average molecular weight is 335 g/mol. The molecule has 0 atom stereocenters. The van der Waals surface area contributed by atoms with Gasteiger partial charge < -0.3 is 15.2 Å². The molecule has 0 radical (unpaired) electrons. The first-order chi connectivity index (χ1) is 7.45. The number of hydrogen-bond donors (Lipinski definition) is 2. The lowest BCUT2D eigenvalue weighted by molar-refractivity contribution is -0.114. The third-order valence-corrected chi connectivity index (χ3v) is 2.72. The van der Waals surface area contributed by atoms with Crippen molar-refractivity contribution in [2.45, 2.75) is 6.92 Å². The first kappa shape index (κ1) is 12.8. The normalized spacial score (nSPS) is 9.69. The second-order valence-corrected chi connectivity index (χ2v) is 4.18. The number of carboxylic acids is 1. The molecule has 5 nitrogen and oxygen atoms in total. The van der Waals surface area contributed by atoms with E-state index in [1.54, 1.807) is 0 Å². The number of carboxylic acid groups (broad SMARTS) is 1. The Bertz CT molecular complexity index is 445. The number of methoxy groups -OCH3 is 1. The maximum Gasteiger partial charge on any atom is 0.339 e. The van der Waals surface area contributed by atoms with Gasteiger partial charge in [-0.15, -0.1) is 0 Å². The smallest absolute Gasteiger partial charge is 0.339 e. The average Bonchev–Trinajstić information content (AvgIpc) is 2.19. The second kappa shape index (κ2) is 5.15. The van der Waals surface area contributed by atoms with Gasteiger partial charge in [0.2, 0.25) is 5.91 Å². The molecule has 1 aromatic carbocycles. The largest absolute Gasteiger partial charge is 0.496 e. The molecule has 0 unspecified atom stereocenters. The Morgan fingerprint density at radius 1 is 1.44 bits per heavy atom. The van der Waals surface area contributed by atoms with Gasteiger partial charge in [0.25, 0.3) is 0 Å². The summed E-state index contributed by atoms with van der Waals surface area (Å²) in [4.78, 5) is 21.8. The van der Waals surface area contributed by atoms with E-state index in [-0.39, 0.29) is 17.2 Å². The second-order valence-electron chi connectivity index (χ2n) is 3.02. The molecule has 0 aromatic heterocycles. The number of rotatable bonds is 3. The highest BCUT2D eigenvalue weighted by molar-refractivity contribution is 14.1. The van der Waals surface area contributed by atoms with Crippen LogP contribution < -0.4 is 10.1 Å². The molecule has 6 heteroatoms. The van der Waals surface area contributed by atoms with E-state index in [0.717, 1.165) is 0 Å². The lowest BCUT2D eigenvalue weighted by Crippen LogP contribution is -2.09. The van der Waals surface area contributed by atoms with Crippen molar-refractivity contribution in [3.05, 3.63) is 21.3 Å². The summed E-state index contributed by atoms with van der Waals surface area (Å²) in [5.41, 5.74) is 0.607. The number of amides is 1. The summed E-state index contributed by atoms with van der Waals surface area (Å²) in [7, 11) is 1.38. The highest BCUT2D eigenvalue weighted by atomic mass is 127. The predicted octanol–water partition coefficient (Wildman–Crippen LogP) is 1.96. The third kappa shape index (κ3) is 2.84. The summed E-state index contributed by atoms with van der Waals surface area (Å²) in [6.07, 6.45) is 0. The summed E-state index contributed by atoms with van der Waals surface area (Å²) in [6, 6.07) is 2.94. The maximum atomic E-state index is 10.9. The summed E-state index contributed by atoms with van der Waals surface area (Å²) in [5, 5.41) is 11.5. The van der Waals surface area contributed by atoms with Gasteiger partial charge in [-0.05, 0) is 28.7 Å². The van der Waals surface area contributed by atoms with Crippen LogP contribution in [0.4, 0.5) is 5.69 Å². The van der Waals surface area contributed by atoms with Crippen molar-refractivity contribution in [3.8, 4) is 5.75 Å². The number of nitrogens with one attached hydrogen (secondary N) is 1. The highest BCUT2D eigenvalue weighted by Gasteiger charge is 2.14. The van der Waals surface area contributed by atoms with E-state index in [9.17, 15) is 9.59 Å². The van der Waals surface area contributed by atoms with Crippen molar-refractivity contribution in [3.63, 3.8) is 0 Å². The Labute approximate surface area is 106 Å². The van der Waals surface area contributed by atoms with Crippen molar-refractivity contribution >= 4 is 40.2 Å². The first-order valence-corrected chi connectivity index (χ1v) is 5.42. The minimum Gasteiger partial charge on any atom is -0.496 e. The molecule has 0 aliphatic carbocycles. The molecule has 0 aliphatic heterocycles. The van der Waals surface area contributed by atoms with Crippen LogP contribution in [-0.2, 0) is 4.79 Å². The zero-order valence-corrected chi connectivity index (χ0v) is 10.9. The topological polar surface area (TPSA) is 75.6 Å². The zero-order valence-electron chi connectivity index (χ0n) is 8.70. The van der Waals surface area contributed by atoms with Gasteiger partial charge in [-0.1, -0.05) is 0 Å². The van der Waals surface area contributed by atoms with Gasteiger partial charge in [-0.25, -0.2) is 4.79 Å². The molecule has 0 saturated carbocycles. The van der Waals surface area contributed by atoms with Crippen LogP contribution in [0.25, 0.3) is 0 Å². The molecule has 1 amide bonds. The van der Waals surface area contributed by atoms with Crippen LogP contribution in [0.1, 0.15) is 17.3 Å². The monoisotopic (exact) mass is 335 g/mol. The summed E-state index contributed by atoms with van der Waals surface area (Å²) in [6.45, 7) is 1.38. The maximum absolute atomic E-state index is 10.9. The van der Waals surface area contributed by atoms with E-state index in [1.165, 1.54) is 26.2 Å². The highest BCUT2D eigenvalue weighted by Crippen LogP contribution is 2.28. The Kier molecular flexibility index (Phi) is 4.11. The van der Waals surface area contributed by atoms with Crippen LogP contribution in [-0.4, -0.2) is 24.1 Å². The Morgan fingerprint density at radius 3 is 2.50 bits per heavy atom. The number of halogens is 1. The van der Waals surface area contributed by atoms with Crippen molar-refractivity contribution in [1.29, 1.82) is 0 Å². The number of aromatic carboxylic acids is 1. The number of hydrogen-bond acceptors (Lipinski definition) is 3. The fourth-order valence-electron chi connectivity index (χ4n) is 1.17. The van der Waals surface area contributed by atoms with Gasteiger partial charge in [0, 0.05) is 16.6 Å². The number of ether oxygens (including phenoxy) is 1. The molecular formula is C10H10INO4. The van der Waals surface area contributed by atoms with Crippen molar-refractivity contribution in [2.24, 2.45) is 0 Å². The molecule has 2 N–H and O–H groups in total. The zero-order chi connectivity index (χ0) is 12.3. The molecular weight excluding hydrogens is 325 g/mol. The Morgan fingerprint density at radius 2 is 2.06 bits per heavy atom. The molecule has 1 aromatic rings. The molecule has 0 heterocycles. The molecule has 0 saturated heterocycles. The van der Waals surface area contributed by atoms with Crippen LogP contribution >= 0.6 is 22.6 Å². The quantitative estimate of drug-likeness (QED) is 0.828. The molecule has 0 spiro atoms. The van der Waals surface area contributed by atoms with Crippen LogP contribution in [0, 0.1) is 3.57 Å². The molecule has 0 aliphatic rings. The standard InChI is InChI=1S/C10H10INO4/c1-5(13)12-8-4-9(16-2)6(10(14)15)3-7(8)11/h3-4H,1-2H3,(H,12,13)(H,14,15). The van der Waals surface area contributed by atoms with Crippen LogP contribution in [0.3, 0.4) is 0 Å². The van der Waals surface area contributed by atoms with E-state index >= 15 is 0 Å². The SMILES string of the molecule is COc1cc(NC(C)=O)c(I)cc1C(=O)O. The van der Waals surface area contributed by atoms with E-state index < -0.39 is 5.97 Å². The van der Waals surface area contributed by atoms with Gasteiger partial charge in [-0.3, -0.25) is 4.79 Å². The fraction of sp³-hybridized carbons (Fsp3) is 0.200. The number of anilines is 1. The summed E-state index contributed by atoms with van der Waals surface area (Å²) in [5.74, 6) is -1.07. The van der Waals surface area contributed by atoms with E-state index in [2.05, 4.69) is 5.32 Å². The Hall–Kier alpha value is -1.31. The molecule has 0 fully saturated rings. The van der Waals surface area contributed by atoms with Crippen molar-refractivity contribution < 1.29 is 19.4 Å². The van der Waals surface area contributed by atoms with Crippen LogP contribution in [0.15, 0.2) is 12.1 Å². The van der Waals surface area contributed by atoms with Crippen LogP contribution in [0.2, 0.25) is 0 Å². The molecule has 0 bridgehead atoms. The van der Waals surface area contributed by atoms with Gasteiger partial charge in [0.15, 0.2) is 0 Å². The molecule has 86 valence electrons. The number of benzene rings is 1. The summed E-state index contributed by atoms with van der Waals surface area (Å²) < 4.78 is 5.59. The van der Waals surface area contributed by atoms with E-state index in [1.807, 2.05) is 22.6 Å². The number of carbonyl (C=O) groups is 2. The van der Waals surface area contributed by atoms with Crippen molar-refractivity contribution in [1.82, 2.24) is 0 Å². The fourth-order valence-corrected chi connectivity index (χ4v) is 1.78. The molecule has 16 heavy (non-hydrogen) atoms. The lowest BCUT2D eigenvalue weighted by Gasteiger charge is -2.10. The minimum atomic E-state index is -1.07. The first-order valence-electron chi connectivity index (χ1n) is 4.34. The molecule has 1 rings (SSSR count). The van der Waals surface area contributed by atoms with Gasteiger partial charge in [0.05, 0.1) is 12.8 Å². The van der Waals surface area contributed by atoms with Gasteiger partial charge in [-0.2, -0.15) is 0 Å². The van der Waals surface area contributed by atoms with Gasteiger partial charge >= 0.3 is 5.97 Å². The minimum absolute atomic E-state index is 0.0704. The van der Waals surface area contributed by atoms with Crippen LogP contribution in [0.5, 0.6) is 5.75 Å². The number of carbonyl (C=O) groups excluding carboxylic acids is 1. The Balaban J connectivity index is 3.25. The van der Waals surface area contributed by atoms with E-state index in [0.29, 0.717) is 9.26 Å². The van der Waals surface area contributed by atoms with E-state index in [4.69, 9.17) is 9.84 Å². The van der Waals surface area contributed by atoms with Gasteiger partial charge in [0.1, 0.15) is 11.3 Å². The lowest BCUT2D eigenvalue weighted by atomic mass is 10.2. The van der Waals surface area contributed by atoms with Crippen molar-refractivity contribution in [2.75, 3.05) is 12.4 Å². The predicted molar refractivity (Wildman–Crippen MR) is 67.0 cm³/mol. The summed E-state index contributed by atoms with van der Waals surface area (Å²) >= 11 is 1.95.